The van der Waals surface area contributed by atoms with Crippen molar-refractivity contribution >= 4 is 11.8 Å². The first-order valence-electron chi connectivity index (χ1n) is 9.18. The van der Waals surface area contributed by atoms with Crippen LogP contribution in [0.25, 0.3) is 17.1 Å². The number of ether oxygens (including phenoxy) is 1. The van der Waals surface area contributed by atoms with Crippen LogP contribution in [0.5, 0.6) is 5.75 Å². The van der Waals surface area contributed by atoms with Crippen LogP contribution in [0.1, 0.15) is 11.1 Å². The van der Waals surface area contributed by atoms with Crippen LogP contribution in [0, 0.1) is 12.7 Å². The molecular formula is C23H20FN3OS. The van der Waals surface area contributed by atoms with Gasteiger partial charge in [0.1, 0.15) is 11.6 Å². The van der Waals surface area contributed by atoms with Crippen LogP contribution < -0.4 is 4.74 Å². The molecule has 4 rings (SSSR count). The fourth-order valence-corrected chi connectivity index (χ4v) is 3.97. The van der Waals surface area contributed by atoms with Crippen molar-refractivity contribution in [3.8, 4) is 22.8 Å². The predicted molar refractivity (Wildman–Crippen MR) is 114 cm³/mol. The quantitative estimate of drug-likeness (QED) is 0.387. The normalized spacial score (nSPS) is 10.9. The second kappa shape index (κ2) is 8.49. The van der Waals surface area contributed by atoms with Crippen LogP contribution >= 0.6 is 11.8 Å². The first kappa shape index (κ1) is 19.2. The summed E-state index contributed by atoms with van der Waals surface area (Å²) in [4.78, 5) is 0. The molecule has 0 N–H and O–H groups in total. The molecule has 6 heteroatoms. The number of halogens is 1. The standard InChI is InChI=1S/C23H20FN3OS/c1-16-5-3-7-18(13-16)22-25-26-23(29-15-17-6-4-8-19(24)14-17)27(22)20-9-11-21(28-2)12-10-20/h3-14H,15H2,1-2H3. The summed E-state index contributed by atoms with van der Waals surface area (Å²) in [7, 11) is 1.65. The lowest BCUT2D eigenvalue weighted by Gasteiger charge is -2.11. The average Bonchev–Trinajstić information content (AvgIpc) is 3.16. The number of benzene rings is 3. The van der Waals surface area contributed by atoms with Crippen molar-refractivity contribution in [3.63, 3.8) is 0 Å². The molecular weight excluding hydrogens is 385 g/mol. The summed E-state index contributed by atoms with van der Waals surface area (Å²) < 4.78 is 20.8. The van der Waals surface area contributed by atoms with Crippen LogP contribution in [-0.2, 0) is 5.75 Å². The van der Waals surface area contributed by atoms with E-state index in [1.54, 1.807) is 19.2 Å². The number of aryl methyl sites for hydroxylation is 1. The summed E-state index contributed by atoms with van der Waals surface area (Å²) in [6, 6.07) is 22.6. The largest absolute Gasteiger partial charge is 0.497 e. The second-order valence-corrected chi connectivity index (χ2v) is 7.57. The van der Waals surface area contributed by atoms with E-state index in [0.717, 1.165) is 39.1 Å². The monoisotopic (exact) mass is 405 g/mol. The summed E-state index contributed by atoms with van der Waals surface area (Å²) in [6.45, 7) is 2.05. The van der Waals surface area contributed by atoms with Gasteiger partial charge in [-0.05, 0) is 55.0 Å². The van der Waals surface area contributed by atoms with Gasteiger partial charge in [-0.25, -0.2) is 4.39 Å². The van der Waals surface area contributed by atoms with Crippen LogP contribution in [-0.4, -0.2) is 21.9 Å². The third-order valence-electron chi connectivity index (χ3n) is 4.50. The number of hydrogen-bond acceptors (Lipinski definition) is 4. The minimum Gasteiger partial charge on any atom is -0.497 e. The third kappa shape index (κ3) is 4.32. The molecule has 0 bridgehead atoms. The van der Waals surface area contributed by atoms with Gasteiger partial charge in [0, 0.05) is 17.0 Å². The van der Waals surface area contributed by atoms with Gasteiger partial charge >= 0.3 is 0 Å². The van der Waals surface area contributed by atoms with Crippen molar-refractivity contribution in [2.45, 2.75) is 17.8 Å². The van der Waals surface area contributed by atoms with Crippen LogP contribution in [0.4, 0.5) is 4.39 Å². The molecule has 0 amide bonds. The molecule has 4 nitrogen and oxygen atoms in total. The van der Waals surface area contributed by atoms with Gasteiger partial charge in [0.05, 0.1) is 7.11 Å². The average molecular weight is 405 g/mol. The zero-order valence-corrected chi connectivity index (χ0v) is 17.0. The summed E-state index contributed by atoms with van der Waals surface area (Å²) in [6.07, 6.45) is 0. The zero-order valence-electron chi connectivity index (χ0n) is 16.2. The van der Waals surface area contributed by atoms with Crippen molar-refractivity contribution in [2.75, 3.05) is 7.11 Å². The number of rotatable bonds is 6. The van der Waals surface area contributed by atoms with Gasteiger partial charge in [-0.1, -0.05) is 47.7 Å². The van der Waals surface area contributed by atoms with Crippen LogP contribution in [0.15, 0.2) is 78.0 Å². The van der Waals surface area contributed by atoms with Crippen molar-refractivity contribution in [1.29, 1.82) is 0 Å². The highest BCUT2D eigenvalue weighted by molar-refractivity contribution is 7.98. The van der Waals surface area contributed by atoms with Gasteiger partial charge in [0.25, 0.3) is 0 Å². The van der Waals surface area contributed by atoms with Crippen molar-refractivity contribution in [1.82, 2.24) is 14.8 Å². The Balaban J connectivity index is 1.74. The smallest absolute Gasteiger partial charge is 0.196 e. The van der Waals surface area contributed by atoms with E-state index >= 15 is 0 Å². The Labute approximate surface area is 173 Å². The molecule has 3 aromatic carbocycles. The highest BCUT2D eigenvalue weighted by Gasteiger charge is 2.16. The second-order valence-electron chi connectivity index (χ2n) is 6.63. The molecule has 1 aromatic heterocycles. The molecule has 0 atom stereocenters. The summed E-state index contributed by atoms with van der Waals surface area (Å²) in [5.41, 5.74) is 3.98. The summed E-state index contributed by atoms with van der Waals surface area (Å²) in [5.74, 6) is 1.91. The minimum absolute atomic E-state index is 0.236. The van der Waals surface area contributed by atoms with Gasteiger partial charge in [-0.3, -0.25) is 4.57 Å². The summed E-state index contributed by atoms with van der Waals surface area (Å²) >= 11 is 1.52. The number of hydrogen-bond donors (Lipinski definition) is 0. The predicted octanol–water partition coefficient (Wildman–Crippen LogP) is 5.68. The highest BCUT2D eigenvalue weighted by Crippen LogP contribution is 2.30. The molecule has 0 saturated heterocycles. The van der Waals surface area contributed by atoms with Gasteiger partial charge < -0.3 is 4.74 Å². The topological polar surface area (TPSA) is 39.9 Å². The molecule has 0 aliphatic rings. The van der Waals surface area contributed by atoms with Crippen LogP contribution in [0.2, 0.25) is 0 Å². The number of methoxy groups -OCH3 is 1. The molecule has 1 heterocycles. The lowest BCUT2D eigenvalue weighted by Crippen LogP contribution is -2.00. The van der Waals surface area contributed by atoms with E-state index in [1.807, 2.05) is 47.0 Å². The van der Waals surface area contributed by atoms with E-state index < -0.39 is 0 Å². The molecule has 0 fully saturated rings. The zero-order chi connectivity index (χ0) is 20.2. The lowest BCUT2D eigenvalue weighted by atomic mass is 10.1. The van der Waals surface area contributed by atoms with Gasteiger partial charge in [-0.2, -0.15) is 0 Å². The Morgan fingerprint density at radius 3 is 2.48 bits per heavy atom. The molecule has 0 aliphatic carbocycles. The molecule has 0 spiro atoms. The van der Waals surface area contributed by atoms with Crippen molar-refractivity contribution in [2.24, 2.45) is 0 Å². The SMILES string of the molecule is COc1ccc(-n2c(SCc3cccc(F)c3)nnc2-c2cccc(C)c2)cc1. The maximum absolute atomic E-state index is 13.5. The van der Waals surface area contributed by atoms with Crippen molar-refractivity contribution in [3.05, 3.63) is 89.7 Å². The van der Waals surface area contributed by atoms with Crippen molar-refractivity contribution < 1.29 is 9.13 Å². The van der Waals surface area contributed by atoms with Gasteiger partial charge in [0.2, 0.25) is 0 Å². The highest BCUT2D eigenvalue weighted by atomic mass is 32.2. The Morgan fingerprint density at radius 1 is 0.966 bits per heavy atom. The van der Waals surface area contributed by atoms with E-state index in [-0.39, 0.29) is 5.82 Å². The van der Waals surface area contributed by atoms with E-state index in [9.17, 15) is 4.39 Å². The van der Waals surface area contributed by atoms with Crippen LogP contribution in [0.3, 0.4) is 0 Å². The Kier molecular flexibility index (Phi) is 5.62. The maximum Gasteiger partial charge on any atom is 0.196 e. The Hall–Kier alpha value is -3.12. The van der Waals surface area contributed by atoms with E-state index in [1.165, 1.54) is 17.8 Å². The summed E-state index contributed by atoms with van der Waals surface area (Å²) in [5, 5.41) is 9.64. The number of nitrogens with zero attached hydrogens (tertiary/aromatic N) is 3. The molecule has 0 saturated carbocycles. The van der Waals surface area contributed by atoms with E-state index in [0.29, 0.717) is 5.75 Å². The Morgan fingerprint density at radius 2 is 1.76 bits per heavy atom. The van der Waals surface area contributed by atoms with Gasteiger partial charge in [0.15, 0.2) is 11.0 Å². The number of thioether (sulfide) groups is 1. The first-order chi connectivity index (χ1) is 14.1. The first-order valence-corrected chi connectivity index (χ1v) is 10.2. The fourth-order valence-electron chi connectivity index (χ4n) is 3.07. The fraction of sp³-hybridized carbons (Fsp3) is 0.130. The molecule has 4 aromatic rings. The third-order valence-corrected chi connectivity index (χ3v) is 5.50. The molecule has 0 radical (unpaired) electrons. The molecule has 0 unspecified atom stereocenters. The van der Waals surface area contributed by atoms with E-state index in [4.69, 9.17) is 4.74 Å². The Bertz CT molecular complexity index is 1130. The molecule has 146 valence electrons. The molecule has 0 aliphatic heterocycles. The van der Waals surface area contributed by atoms with E-state index in [2.05, 4.69) is 29.3 Å². The lowest BCUT2D eigenvalue weighted by molar-refractivity contribution is 0.414. The van der Waals surface area contributed by atoms with Gasteiger partial charge in [-0.15, -0.1) is 10.2 Å². The molecule has 29 heavy (non-hydrogen) atoms. The minimum atomic E-state index is -0.236. The number of aromatic nitrogens is 3. The maximum atomic E-state index is 13.5.